The highest BCUT2D eigenvalue weighted by molar-refractivity contribution is 5.56. The summed E-state index contributed by atoms with van der Waals surface area (Å²) in [5.41, 5.74) is 3.14. The Hall–Kier alpha value is -1.53. The number of nitrogens with zero attached hydrogens (tertiary/aromatic N) is 2. The van der Waals surface area contributed by atoms with E-state index in [1.807, 2.05) is 19.1 Å². The van der Waals surface area contributed by atoms with E-state index in [1.54, 1.807) is 0 Å². The fourth-order valence-corrected chi connectivity index (χ4v) is 2.61. The summed E-state index contributed by atoms with van der Waals surface area (Å²) in [6.07, 6.45) is 2.67. The number of anilines is 1. The molecule has 0 radical (unpaired) electrons. The number of hydrogen-bond donors (Lipinski definition) is 0. The minimum atomic E-state index is 0.346. The molecule has 1 unspecified atom stereocenters. The summed E-state index contributed by atoms with van der Waals surface area (Å²) in [7, 11) is 0. The van der Waals surface area contributed by atoms with Gasteiger partial charge in [-0.15, -0.1) is 0 Å². The van der Waals surface area contributed by atoms with E-state index < -0.39 is 0 Å². The molecule has 0 N–H and O–H groups in total. The van der Waals surface area contributed by atoms with Gasteiger partial charge in [0.1, 0.15) is 0 Å². The van der Waals surface area contributed by atoms with Crippen molar-refractivity contribution in [3.63, 3.8) is 0 Å². The monoisotopic (exact) mass is 244 g/mol. The van der Waals surface area contributed by atoms with Crippen LogP contribution in [0.3, 0.4) is 0 Å². The molecule has 1 aromatic rings. The second-order valence-electron chi connectivity index (χ2n) is 4.78. The highest BCUT2D eigenvalue weighted by Crippen LogP contribution is 2.25. The van der Waals surface area contributed by atoms with Crippen LogP contribution in [0.1, 0.15) is 30.9 Å². The number of aryl methyl sites for hydroxylation is 1. The Labute approximate surface area is 109 Å². The van der Waals surface area contributed by atoms with Crippen LogP contribution in [0, 0.1) is 18.3 Å². The lowest BCUT2D eigenvalue weighted by molar-refractivity contribution is 0.0526. The van der Waals surface area contributed by atoms with Crippen molar-refractivity contribution in [3.8, 4) is 6.07 Å². The molecular formula is C15H20N2O. The largest absolute Gasteiger partial charge is 0.377 e. The molecule has 0 aliphatic carbocycles. The number of benzene rings is 1. The fourth-order valence-electron chi connectivity index (χ4n) is 2.61. The number of hydrogen-bond acceptors (Lipinski definition) is 3. The Morgan fingerprint density at radius 2 is 2.33 bits per heavy atom. The van der Waals surface area contributed by atoms with Gasteiger partial charge in [0.05, 0.1) is 17.7 Å². The lowest BCUT2D eigenvalue weighted by Crippen LogP contribution is -2.40. The van der Waals surface area contributed by atoms with Gasteiger partial charge in [0.2, 0.25) is 0 Å². The van der Waals surface area contributed by atoms with Crippen molar-refractivity contribution in [3.05, 3.63) is 29.3 Å². The SMILES string of the molecule is CCOC1CCCN(c2ccc(C#N)cc2C)C1. The minimum absolute atomic E-state index is 0.346. The Morgan fingerprint density at radius 3 is 3.00 bits per heavy atom. The Morgan fingerprint density at radius 1 is 1.50 bits per heavy atom. The Kier molecular flexibility index (Phi) is 4.22. The fraction of sp³-hybridized carbons (Fsp3) is 0.533. The normalized spacial score (nSPS) is 19.6. The maximum atomic E-state index is 8.89. The molecule has 2 rings (SSSR count). The van der Waals surface area contributed by atoms with E-state index >= 15 is 0 Å². The highest BCUT2D eigenvalue weighted by atomic mass is 16.5. The third-order valence-corrected chi connectivity index (χ3v) is 3.45. The van der Waals surface area contributed by atoms with Crippen LogP contribution in [0.25, 0.3) is 0 Å². The van der Waals surface area contributed by atoms with Crippen LogP contribution >= 0.6 is 0 Å². The molecule has 1 fully saturated rings. The van der Waals surface area contributed by atoms with Gasteiger partial charge in [-0.1, -0.05) is 0 Å². The average molecular weight is 244 g/mol. The summed E-state index contributed by atoms with van der Waals surface area (Å²) in [6, 6.07) is 8.09. The third kappa shape index (κ3) is 2.83. The molecule has 0 bridgehead atoms. The molecule has 0 saturated carbocycles. The summed E-state index contributed by atoms with van der Waals surface area (Å²) in [4.78, 5) is 2.38. The molecule has 1 aliphatic heterocycles. The van der Waals surface area contributed by atoms with Crippen LogP contribution in [-0.2, 0) is 4.74 Å². The molecule has 96 valence electrons. The molecular weight excluding hydrogens is 224 g/mol. The molecule has 3 heteroatoms. The van der Waals surface area contributed by atoms with Crippen LogP contribution < -0.4 is 4.90 Å². The van der Waals surface area contributed by atoms with Gasteiger partial charge in [-0.25, -0.2) is 0 Å². The predicted molar refractivity (Wildman–Crippen MR) is 72.8 cm³/mol. The van der Waals surface area contributed by atoms with E-state index in [2.05, 4.69) is 24.0 Å². The van der Waals surface area contributed by atoms with Gasteiger partial charge < -0.3 is 9.64 Å². The van der Waals surface area contributed by atoms with E-state index in [0.717, 1.165) is 31.7 Å². The zero-order chi connectivity index (χ0) is 13.0. The topological polar surface area (TPSA) is 36.3 Å². The Balaban J connectivity index is 2.13. The van der Waals surface area contributed by atoms with Gasteiger partial charge in [-0.05, 0) is 50.5 Å². The second kappa shape index (κ2) is 5.88. The number of ether oxygens (including phenoxy) is 1. The van der Waals surface area contributed by atoms with Crippen molar-refractivity contribution < 1.29 is 4.74 Å². The van der Waals surface area contributed by atoms with Crippen molar-refractivity contribution in [1.29, 1.82) is 5.26 Å². The second-order valence-corrected chi connectivity index (χ2v) is 4.78. The maximum Gasteiger partial charge on any atom is 0.0991 e. The van der Waals surface area contributed by atoms with Crippen molar-refractivity contribution in [2.75, 3.05) is 24.6 Å². The molecule has 1 atom stereocenters. The number of rotatable bonds is 3. The first-order valence-corrected chi connectivity index (χ1v) is 6.62. The van der Waals surface area contributed by atoms with Crippen molar-refractivity contribution in [2.45, 2.75) is 32.8 Å². The van der Waals surface area contributed by atoms with E-state index in [-0.39, 0.29) is 0 Å². The van der Waals surface area contributed by atoms with E-state index in [9.17, 15) is 0 Å². The first kappa shape index (κ1) is 12.9. The van der Waals surface area contributed by atoms with Gasteiger partial charge >= 0.3 is 0 Å². The van der Waals surface area contributed by atoms with Crippen LogP contribution in [0.5, 0.6) is 0 Å². The average Bonchev–Trinajstić information content (AvgIpc) is 2.39. The first-order valence-electron chi connectivity index (χ1n) is 6.62. The van der Waals surface area contributed by atoms with E-state index in [1.165, 1.54) is 17.7 Å². The van der Waals surface area contributed by atoms with Crippen molar-refractivity contribution in [1.82, 2.24) is 0 Å². The van der Waals surface area contributed by atoms with Crippen LogP contribution in [-0.4, -0.2) is 25.8 Å². The molecule has 0 spiro atoms. The van der Waals surface area contributed by atoms with Gasteiger partial charge in [-0.3, -0.25) is 0 Å². The smallest absolute Gasteiger partial charge is 0.0991 e. The highest BCUT2D eigenvalue weighted by Gasteiger charge is 2.21. The quantitative estimate of drug-likeness (QED) is 0.820. The summed E-state index contributed by atoms with van der Waals surface area (Å²) in [5, 5.41) is 8.89. The number of nitriles is 1. The zero-order valence-electron chi connectivity index (χ0n) is 11.1. The molecule has 0 amide bonds. The van der Waals surface area contributed by atoms with Gasteiger partial charge in [0, 0.05) is 25.4 Å². The van der Waals surface area contributed by atoms with E-state index in [4.69, 9.17) is 10.00 Å². The maximum absolute atomic E-state index is 8.89. The lowest BCUT2D eigenvalue weighted by Gasteiger charge is -2.35. The molecule has 1 heterocycles. The Bertz CT molecular complexity index is 448. The first-order chi connectivity index (χ1) is 8.74. The summed E-state index contributed by atoms with van der Waals surface area (Å²) in [6.45, 7) is 6.94. The van der Waals surface area contributed by atoms with Gasteiger partial charge in [0.25, 0.3) is 0 Å². The molecule has 1 aromatic carbocycles. The molecule has 1 aliphatic rings. The van der Waals surface area contributed by atoms with Crippen molar-refractivity contribution in [2.24, 2.45) is 0 Å². The van der Waals surface area contributed by atoms with Crippen LogP contribution in [0.4, 0.5) is 5.69 Å². The molecule has 1 saturated heterocycles. The van der Waals surface area contributed by atoms with Gasteiger partial charge in [0.15, 0.2) is 0 Å². The molecule has 3 nitrogen and oxygen atoms in total. The summed E-state index contributed by atoms with van der Waals surface area (Å²) in [5.74, 6) is 0. The standard InChI is InChI=1S/C15H20N2O/c1-3-18-14-5-4-8-17(11-14)15-7-6-13(10-16)9-12(15)2/h6-7,9,14H,3-5,8,11H2,1-2H3. The predicted octanol–water partition coefficient (Wildman–Crippen LogP) is 2.87. The lowest BCUT2D eigenvalue weighted by atomic mass is 10.0. The van der Waals surface area contributed by atoms with Crippen molar-refractivity contribution >= 4 is 5.69 Å². The van der Waals surface area contributed by atoms with Crippen LogP contribution in [0.2, 0.25) is 0 Å². The molecule has 0 aromatic heterocycles. The van der Waals surface area contributed by atoms with E-state index in [0.29, 0.717) is 6.10 Å². The zero-order valence-corrected chi connectivity index (χ0v) is 11.1. The summed E-state index contributed by atoms with van der Waals surface area (Å²) < 4.78 is 5.73. The summed E-state index contributed by atoms with van der Waals surface area (Å²) >= 11 is 0. The van der Waals surface area contributed by atoms with Crippen LogP contribution in [0.15, 0.2) is 18.2 Å². The third-order valence-electron chi connectivity index (χ3n) is 3.45. The number of piperidine rings is 1. The minimum Gasteiger partial charge on any atom is -0.377 e. The molecule has 18 heavy (non-hydrogen) atoms. The van der Waals surface area contributed by atoms with Gasteiger partial charge in [-0.2, -0.15) is 5.26 Å².